The zero-order chi connectivity index (χ0) is 12.7. The van der Waals surface area contributed by atoms with Crippen molar-refractivity contribution in [2.75, 3.05) is 12.4 Å². The quantitative estimate of drug-likeness (QED) is 0.764. The Hall–Kier alpha value is -1.49. The lowest BCUT2D eigenvalue weighted by atomic mass is 10.1. The van der Waals surface area contributed by atoms with Crippen molar-refractivity contribution in [3.63, 3.8) is 0 Å². The van der Waals surface area contributed by atoms with Crippen LogP contribution in [0.4, 0.5) is 0 Å². The fourth-order valence-electron chi connectivity index (χ4n) is 2.46. The lowest BCUT2D eigenvalue weighted by Crippen LogP contribution is -2.40. The van der Waals surface area contributed by atoms with Gasteiger partial charge >= 0.3 is 5.97 Å². The predicted molar refractivity (Wildman–Crippen MR) is 68.2 cm³/mol. The molecule has 1 fully saturated rings. The molecule has 4 nitrogen and oxygen atoms in total. The third-order valence-corrected chi connectivity index (χ3v) is 4.56. The molecule has 18 heavy (non-hydrogen) atoms. The van der Waals surface area contributed by atoms with Crippen molar-refractivity contribution in [3.05, 3.63) is 35.4 Å². The summed E-state index contributed by atoms with van der Waals surface area (Å²) in [5.74, 6) is 0.260. The summed E-state index contributed by atoms with van der Waals surface area (Å²) >= 11 is 1.63. The van der Waals surface area contributed by atoms with Crippen LogP contribution < -0.4 is 0 Å². The van der Waals surface area contributed by atoms with E-state index in [9.17, 15) is 9.59 Å². The van der Waals surface area contributed by atoms with Crippen molar-refractivity contribution in [2.45, 2.75) is 18.3 Å². The number of hydrogen-bond donors (Lipinski definition) is 0. The van der Waals surface area contributed by atoms with E-state index in [-0.39, 0.29) is 17.3 Å². The van der Waals surface area contributed by atoms with Crippen molar-refractivity contribution in [1.82, 2.24) is 4.90 Å². The summed E-state index contributed by atoms with van der Waals surface area (Å²) in [6, 6.07) is 7.11. The number of nitrogens with zero attached hydrogens (tertiary/aromatic N) is 1. The van der Waals surface area contributed by atoms with Crippen molar-refractivity contribution in [3.8, 4) is 0 Å². The van der Waals surface area contributed by atoms with E-state index in [1.165, 1.54) is 0 Å². The van der Waals surface area contributed by atoms with E-state index >= 15 is 0 Å². The molecule has 1 aromatic rings. The summed E-state index contributed by atoms with van der Waals surface area (Å²) in [7, 11) is 0. The number of amides is 1. The first-order valence-corrected chi connectivity index (χ1v) is 6.98. The van der Waals surface area contributed by atoms with Crippen molar-refractivity contribution < 1.29 is 14.3 Å². The van der Waals surface area contributed by atoms with Gasteiger partial charge in [-0.25, -0.2) is 4.79 Å². The molecule has 2 heterocycles. The van der Waals surface area contributed by atoms with E-state index in [1.807, 2.05) is 24.3 Å². The number of rotatable bonds is 2. The maximum atomic E-state index is 12.3. The van der Waals surface area contributed by atoms with Crippen LogP contribution in [0.25, 0.3) is 0 Å². The summed E-state index contributed by atoms with van der Waals surface area (Å²) in [5, 5.41) is -0.0249. The summed E-state index contributed by atoms with van der Waals surface area (Å²) < 4.78 is 5.03. The highest BCUT2D eigenvalue weighted by Crippen LogP contribution is 2.48. The molecule has 3 rings (SSSR count). The second-order valence-electron chi connectivity index (χ2n) is 4.25. The normalized spacial score (nSPS) is 24.9. The summed E-state index contributed by atoms with van der Waals surface area (Å²) in [6.45, 7) is 2.12. The Bertz CT molecular complexity index is 517. The maximum Gasteiger partial charge on any atom is 0.329 e. The van der Waals surface area contributed by atoms with Crippen molar-refractivity contribution in [1.29, 1.82) is 0 Å². The van der Waals surface area contributed by atoms with Gasteiger partial charge in [0, 0.05) is 11.3 Å². The molecule has 2 aliphatic heterocycles. The second kappa shape index (κ2) is 4.31. The minimum atomic E-state index is -0.445. The fourth-order valence-corrected chi connectivity index (χ4v) is 3.91. The van der Waals surface area contributed by atoms with Gasteiger partial charge in [-0.05, 0) is 18.6 Å². The van der Waals surface area contributed by atoms with Crippen LogP contribution >= 0.6 is 11.8 Å². The number of benzene rings is 1. The van der Waals surface area contributed by atoms with Crippen LogP contribution in [0.2, 0.25) is 0 Å². The third kappa shape index (κ3) is 1.54. The van der Waals surface area contributed by atoms with Gasteiger partial charge in [0.05, 0.1) is 6.61 Å². The highest BCUT2D eigenvalue weighted by Gasteiger charge is 2.48. The largest absolute Gasteiger partial charge is 0.464 e. The van der Waals surface area contributed by atoms with Crippen LogP contribution in [0, 0.1) is 0 Å². The number of thioether (sulfide) groups is 1. The van der Waals surface area contributed by atoms with Gasteiger partial charge in [-0.1, -0.05) is 18.2 Å². The standard InChI is InChI=1S/C13H13NO3S/c1-2-17-13(16)10-7-18-12-9-6-4-3-5-8(9)11(15)14(10)12/h3-6,10,12H,2,7H2,1H3. The second-order valence-corrected chi connectivity index (χ2v) is 5.37. The molecule has 0 radical (unpaired) electrons. The Morgan fingerprint density at radius 2 is 2.28 bits per heavy atom. The molecule has 2 atom stereocenters. The number of carbonyl (C=O) groups is 2. The highest BCUT2D eigenvalue weighted by molar-refractivity contribution is 7.99. The van der Waals surface area contributed by atoms with Crippen LogP contribution in [0.3, 0.4) is 0 Å². The van der Waals surface area contributed by atoms with Crippen molar-refractivity contribution >= 4 is 23.6 Å². The third-order valence-electron chi connectivity index (χ3n) is 3.25. The number of fused-ring (bicyclic) bond motifs is 3. The summed E-state index contributed by atoms with van der Waals surface area (Å²) in [5.41, 5.74) is 1.73. The molecule has 0 N–H and O–H groups in total. The topological polar surface area (TPSA) is 46.6 Å². The van der Waals surface area contributed by atoms with E-state index in [4.69, 9.17) is 4.74 Å². The molecule has 0 spiro atoms. The number of carbonyl (C=O) groups excluding carboxylic acids is 2. The Kier molecular flexibility index (Phi) is 2.78. The van der Waals surface area contributed by atoms with Crippen molar-refractivity contribution in [2.24, 2.45) is 0 Å². The molecular formula is C13H13NO3S. The molecule has 0 bridgehead atoms. The zero-order valence-corrected chi connectivity index (χ0v) is 10.8. The molecule has 94 valence electrons. The molecule has 0 aliphatic carbocycles. The fraction of sp³-hybridized carbons (Fsp3) is 0.385. The predicted octanol–water partition coefficient (Wildman–Crippen LogP) is 1.82. The van der Waals surface area contributed by atoms with Gasteiger partial charge < -0.3 is 9.64 Å². The first-order chi connectivity index (χ1) is 8.74. The number of ether oxygens (including phenoxy) is 1. The number of esters is 1. The SMILES string of the molecule is CCOC(=O)C1CSC2c3ccccc3C(=O)N12. The minimum Gasteiger partial charge on any atom is -0.464 e. The van der Waals surface area contributed by atoms with Crippen LogP contribution in [0.1, 0.15) is 28.2 Å². The van der Waals surface area contributed by atoms with Crippen LogP contribution in [0.15, 0.2) is 24.3 Å². The molecule has 5 heteroatoms. The van der Waals surface area contributed by atoms with E-state index in [0.29, 0.717) is 17.9 Å². The highest BCUT2D eigenvalue weighted by atomic mass is 32.2. The van der Waals surface area contributed by atoms with Gasteiger partial charge in [0.25, 0.3) is 5.91 Å². The van der Waals surface area contributed by atoms with Gasteiger partial charge in [-0.3, -0.25) is 4.79 Å². The molecule has 1 saturated heterocycles. The van der Waals surface area contributed by atoms with Gasteiger partial charge in [0.2, 0.25) is 0 Å². The number of hydrogen-bond acceptors (Lipinski definition) is 4. The molecule has 1 amide bonds. The average Bonchev–Trinajstić information content (AvgIpc) is 2.92. The Morgan fingerprint density at radius 1 is 1.50 bits per heavy atom. The molecule has 0 saturated carbocycles. The molecule has 2 aliphatic rings. The molecule has 1 aromatic carbocycles. The lowest BCUT2D eigenvalue weighted by Gasteiger charge is -2.21. The summed E-state index contributed by atoms with van der Waals surface area (Å²) in [4.78, 5) is 25.8. The molecule has 2 unspecified atom stereocenters. The Labute approximate surface area is 109 Å². The van der Waals surface area contributed by atoms with Gasteiger partial charge in [-0.15, -0.1) is 11.8 Å². The molecule has 0 aromatic heterocycles. The van der Waals surface area contributed by atoms with Crippen LogP contribution in [-0.2, 0) is 9.53 Å². The van der Waals surface area contributed by atoms with E-state index < -0.39 is 6.04 Å². The van der Waals surface area contributed by atoms with Crippen LogP contribution in [-0.4, -0.2) is 35.2 Å². The summed E-state index contributed by atoms with van der Waals surface area (Å²) in [6.07, 6.45) is 0. The van der Waals surface area contributed by atoms with Gasteiger partial charge in [0.15, 0.2) is 0 Å². The average molecular weight is 263 g/mol. The first-order valence-electron chi connectivity index (χ1n) is 5.94. The van der Waals surface area contributed by atoms with Crippen LogP contribution in [0.5, 0.6) is 0 Å². The Morgan fingerprint density at radius 3 is 3.06 bits per heavy atom. The van der Waals surface area contributed by atoms with E-state index in [1.54, 1.807) is 23.6 Å². The maximum absolute atomic E-state index is 12.3. The first kappa shape index (κ1) is 11.6. The van der Waals surface area contributed by atoms with Gasteiger partial charge in [0.1, 0.15) is 11.4 Å². The smallest absolute Gasteiger partial charge is 0.329 e. The van der Waals surface area contributed by atoms with Gasteiger partial charge in [-0.2, -0.15) is 0 Å². The lowest BCUT2D eigenvalue weighted by molar-refractivity contribution is -0.147. The van der Waals surface area contributed by atoms with E-state index in [2.05, 4.69) is 0 Å². The van der Waals surface area contributed by atoms with E-state index in [0.717, 1.165) is 5.56 Å². The minimum absolute atomic E-state index is 0.0249. The zero-order valence-electron chi connectivity index (χ0n) is 9.96. The Balaban J connectivity index is 1.93. The monoisotopic (exact) mass is 263 g/mol. The molecular weight excluding hydrogens is 250 g/mol.